The SMILES string of the molecule is COc1ncc(-c2ccc3c(c2)cc(C(=O)O)c(=N)n3O)cc1NS(=O)(=O)c1ccc(F)cc1F. The molecule has 4 aromatic rings. The number of nitrogens with one attached hydrogen (secondary N) is 2. The first kappa shape index (κ1) is 23.6. The van der Waals surface area contributed by atoms with Crippen molar-refractivity contribution in [2.24, 2.45) is 0 Å². The van der Waals surface area contributed by atoms with E-state index < -0.39 is 43.6 Å². The number of anilines is 1. The van der Waals surface area contributed by atoms with Crippen LogP contribution in [0.15, 0.2) is 59.6 Å². The number of carboxylic acids is 1. The molecule has 2 aromatic heterocycles. The van der Waals surface area contributed by atoms with E-state index in [1.54, 1.807) is 0 Å². The van der Waals surface area contributed by atoms with Crippen LogP contribution in [0.3, 0.4) is 0 Å². The average molecular weight is 502 g/mol. The fourth-order valence-corrected chi connectivity index (χ4v) is 4.51. The van der Waals surface area contributed by atoms with Crippen LogP contribution in [0.2, 0.25) is 0 Å². The Bertz CT molecular complexity index is 1670. The summed E-state index contributed by atoms with van der Waals surface area (Å²) in [5.74, 6) is -3.75. The van der Waals surface area contributed by atoms with Gasteiger partial charge in [-0.15, -0.1) is 0 Å². The molecule has 0 unspecified atom stereocenters. The molecule has 0 aliphatic carbocycles. The van der Waals surface area contributed by atoms with Crippen LogP contribution in [0.5, 0.6) is 5.88 Å². The molecule has 0 amide bonds. The molecule has 0 bridgehead atoms. The lowest BCUT2D eigenvalue weighted by Crippen LogP contribution is -2.25. The number of sulfonamides is 1. The largest absolute Gasteiger partial charge is 0.480 e. The highest BCUT2D eigenvalue weighted by molar-refractivity contribution is 7.92. The van der Waals surface area contributed by atoms with Gasteiger partial charge >= 0.3 is 5.97 Å². The molecular weight excluding hydrogens is 486 g/mol. The Morgan fingerprint density at radius 3 is 2.51 bits per heavy atom. The van der Waals surface area contributed by atoms with Crippen LogP contribution in [0.25, 0.3) is 22.0 Å². The monoisotopic (exact) mass is 502 g/mol. The number of ether oxygens (including phenoxy) is 1. The lowest BCUT2D eigenvalue weighted by Gasteiger charge is -2.14. The first-order valence-electron chi connectivity index (χ1n) is 9.71. The third kappa shape index (κ3) is 4.36. The van der Waals surface area contributed by atoms with Gasteiger partial charge in [-0.25, -0.2) is 27.0 Å². The fraction of sp³-hybridized carbons (Fsp3) is 0.0455. The number of hydrogen-bond acceptors (Lipinski definition) is 7. The van der Waals surface area contributed by atoms with Gasteiger partial charge in [0.1, 0.15) is 27.8 Å². The summed E-state index contributed by atoms with van der Waals surface area (Å²) in [5.41, 5.74) is -0.193. The maximum Gasteiger partial charge on any atom is 0.339 e. The van der Waals surface area contributed by atoms with Crippen molar-refractivity contribution in [3.8, 4) is 17.0 Å². The van der Waals surface area contributed by atoms with Gasteiger partial charge in [-0.1, -0.05) is 6.07 Å². The van der Waals surface area contributed by atoms with Gasteiger partial charge in [0.15, 0.2) is 5.49 Å². The Morgan fingerprint density at radius 2 is 1.86 bits per heavy atom. The van der Waals surface area contributed by atoms with Gasteiger partial charge in [-0.05, 0) is 42.0 Å². The summed E-state index contributed by atoms with van der Waals surface area (Å²) in [4.78, 5) is 14.7. The van der Waals surface area contributed by atoms with Gasteiger partial charge in [0.25, 0.3) is 10.0 Å². The van der Waals surface area contributed by atoms with Crippen molar-refractivity contribution in [1.29, 1.82) is 5.41 Å². The number of fused-ring (bicyclic) bond motifs is 1. The predicted octanol–water partition coefficient (Wildman–Crippen LogP) is 3.21. The normalized spacial score (nSPS) is 11.4. The third-order valence-electron chi connectivity index (χ3n) is 5.06. The summed E-state index contributed by atoms with van der Waals surface area (Å²) in [6.07, 6.45) is 1.36. The summed E-state index contributed by atoms with van der Waals surface area (Å²) >= 11 is 0. The standard InChI is InChI=1S/C22H16F2N4O6S/c1-34-21-17(27-35(32,33)19-5-3-14(23)9-16(19)24)8-13(10-26-21)11-2-4-18-12(6-11)7-15(22(29)30)20(25)28(18)31/h2-10,25,27,31H,1H3,(H,29,30). The Labute approximate surface area is 196 Å². The number of aromatic carboxylic acids is 1. The molecule has 10 nitrogen and oxygen atoms in total. The maximum absolute atomic E-state index is 14.1. The summed E-state index contributed by atoms with van der Waals surface area (Å²) in [7, 11) is -3.24. The van der Waals surface area contributed by atoms with Crippen LogP contribution in [-0.4, -0.2) is 41.5 Å². The topological polar surface area (TPSA) is 155 Å². The minimum absolute atomic E-state index is 0.124. The molecule has 0 saturated heterocycles. The van der Waals surface area contributed by atoms with Crippen molar-refractivity contribution in [2.45, 2.75) is 4.90 Å². The van der Waals surface area contributed by atoms with E-state index in [0.29, 0.717) is 21.9 Å². The second-order valence-corrected chi connectivity index (χ2v) is 8.91. The van der Waals surface area contributed by atoms with E-state index in [9.17, 15) is 32.3 Å². The zero-order valence-corrected chi connectivity index (χ0v) is 18.6. The third-order valence-corrected chi connectivity index (χ3v) is 6.46. The molecular formula is C22H16F2N4O6S. The molecule has 35 heavy (non-hydrogen) atoms. The number of nitrogens with zero attached hydrogens (tertiary/aromatic N) is 2. The molecule has 2 heterocycles. The van der Waals surface area contributed by atoms with Crippen LogP contribution in [0.1, 0.15) is 10.4 Å². The number of carboxylic acid groups (broad SMARTS) is 1. The van der Waals surface area contributed by atoms with Gasteiger partial charge in [-0.3, -0.25) is 10.1 Å². The smallest absolute Gasteiger partial charge is 0.339 e. The number of rotatable bonds is 6. The quantitative estimate of drug-likeness (QED) is 0.295. The predicted molar refractivity (Wildman–Crippen MR) is 119 cm³/mol. The first-order chi connectivity index (χ1) is 16.5. The number of aromatic nitrogens is 2. The zero-order chi connectivity index (χ0) is 25.5. The highest BCUT2D eigenvalue weighted by Gasteiger charge is 2.22. The molecule has 0 radical (unpaired) electrons. The lowest BCUT2D eigenvalue weighted by atomic mass is 10.0. The van der Waals surface area contributed by atoms with Gasteiger partial charge in [0, 0.05) is 23.2 Å². The van der Waals surface area contributed by atoms with Crippen molar-refractivity contribution in [3.63, 3.8) is 0 Å². The molecule has 13 heteroatoms. The van der Waals surface area contributed by atoms with E-state index in [0.717, 1.165) is 12.1 Å². The Balaban J connectivity index is 1.80. The van der Waals surface area contributed by atoms with Crippen LogP contribution in [-0.2, 0) is 10.0 Å². The summed E-state index contributed by atoms with van der Waals surface area (Å²) in [5, 5.41) is 27.5. The Hall–Kier alpha value is -4.52. The van der Waals surface area contributed by atoms with Gasteiger partial charge in [0.2, 0.25) is 5.88 Å². The van der Waals surface area contributed by atoms with E-state index in [2.05, 4.69) is 9.71 Å². The summed E-state index contributed by atoms with van der Waals surface area (Å²) < 4.78 is 60.5. The molecule has 4 rings (SSSR count). The molecule has 0 atom stereocenters. The number of pyridine rings is 2. The maximum atomic E-state index is 14.1. The van der Waals surface area contributed by atoms with Crippen molar-refractivity contribution in [3.05, 3.63) is 77.4 Å². The van der Waals surface area contributed by atoms with Crippen molar-refractivity contribution in [1.82, 2.24) is 9.71 Å². The second kappa shape index (κ2) is 8.68. The van der Waals surface area contributed by atoms with E-state index in [1.807, 2.05) is 0 Å². The molecule has 0 aliphatic rings. The summed E-state index contributed by atoms with van der Waals surface area (Å²) in [6, 6.07) is 9.09. The van der Waals surface area contributed by atoms with Gasteiger partial charge in [0.05, 0.1) is 12.6 Å². The molecule has 4 N–H and O–H groups in total. The Morgan fingerprint density at radius 1 is 1.11 bits per heavy atom. The van der Waals surface area contributed by atoms with Crippen molar-refractivity contribution in [2.75, 3.05) is 11.8 Å². The molecule has 2 aromatic carbocycles. The van der Waals surface area contributed by atoms with Crippen LogP contribution in [0.4, 0.5) is 14.5 Å². The number of halogens is 2. The highest BCUT2D eigenvalue weighted by atomic mass is 32.2. The number of methoxy groups -OCH3 is 1. The van der Waals surface area contributed by atoms with E-state index >= 15 is 0 Å². The van der Waals surface area contributed by atoms with Crippen molar-refractivity contribution < 1.29 is 37.0 Å². The van der Waals surface area contributed by atoms with Gasteiger partial charge in [-0.2, -0.15) is 4.73 Å². The van der Waals surface area contributed by atoms with Gasteiger partial charge < -0.3 is 15.1 Å². The van der Waals surface area contributed by atoms with Crippen LogP contribution >= 0.6 is 0 Å². The minimum atomic E-state index is -4.49. The molecule has 0 fully saturated rings. The number of benzene rings is 2. The molecule has 0 spiro atoms. The summed E-state index contributed by atoms with van der Waals surface area (Å²) in [6.45, 7) is 0. The number of hydrogen-bond donors (Lipinski definition) is 4. The highest BCUT2D eigenvalue weighted by Crippen LogP contribution is 2.32. The molecule has 0 aliphatic heterocycles. The van der Waals surface area contributed by atoms with E-state index in [-0.39, 0.29) is 22.5 Å². The average Bonchev–Trinajstić information content (AvgIpc) is 2.80. The zero-order valence-electron chi connectivity index (χ0n) is 17.8. The fourth-order valence-electron chi connectivity index (χ4n) is 3.40. The number of carbonyl (C=O) groups is 1. The lowest BCUT2D eigenvalue weighted by molar-refractivity contribution is 0.0688. The minimum Gasteiger partial charge on any atom is -0.480 e. The van der Waals surface area contributed by atoms with Crippen LogP contribution in [0, 0.1) is 17.0 Å². The van der Waals surface area contributed by atoms with Crippen LogP contribution < -0.4 is 14.9 Å². The van der Waals surface area contributed by atoms with E-state index in [4.69, 9.17) is 10.1 Å². The van der Waals surface area contributed by atoms with E-state index in [1.165, 1.54) is 43.6 Å². The molecule has 0 saturated carbocycles. The first-order valence-corrected chi connectivity index (χ1v) is 11.2. The molecule has 180 valence electrons. The second-order valence-electron chi connectivity index (χ2n) is 7.26. The van der Waals surface area contributed by atoms with Crippen molar-refractivity contribution >= 4 is 32.6 Å². The Kier molecular flexibility index (Phi) is 5.86.